The van der Waals surface area contributed by atoms with Crippen molar-refractivity contribution in [3.8, 4) is 0 Å². The van der Waals surface area contributed by atoms with E-state index in [2.05, 4.69) is 22.6 Å². The molecule has 2 aromatic carbocycles. The van der Waals surface area contributed by atoms with Gasteiger partial charge in [0, 0.05) is 9.13 Å². The summed E-state index contributed by atoms with van der Waals surface area (Å²) in [6, 6.07) is 10.5. The van der Waals surface area contributed by atoms with E-state index in [1.165, 1.54) is 6.07 Å². The second kappa shape index (κ2) is 3.81. The van der Waals surface area contributed by atoms with Gasteiger partial charge in [-0.2, -0.15) is 0 Å². The highest BCUT2D eigenvalue weighted by Gasteiger charge is 2.11. The van der Waals surface area contributed by atoms with Gasteiger partial charge in [0.25, 0.3) is 6.43 Å². The van der Waals surface area contributed by atoms with Gasteiger partial charge < -0.3 is 0 Å². The Balaban J connectivity index is 2.81. The molecule has 2 rings (SSSR count). The highest BCUT2D eigenvalue weighted by atomic mass is 127. The molecule has 3 heteroatoms. The summed E-state index contributed by atoms with van der Waals surface area (Å²) in [5.74, 6) is 0. The Morgan fingerprint density at radius 2 is 1.57 bits per heavy atom. The minimum atomic E-state index is -2.41. The monoisotopic (exact) mass is 304 g/mol. The van der Waals surface area contributed by atoms with Crippen LogP contribution in [0.3, 0.4) is 0 Å². The smallest absolute Gasteiger partial charge is 0.205 e. The molecule has 0 aliphatic carbocycles. The summed E-state index contributed by atoms with van der Waals surface area (Å²) in [7, 11) is 0. The first-order valence-corrected chi connectivity index (χ1v) is 5.23. The van der Waals surface area contributed by atoms with Crippen molar-refractivity contribution in [2.45, 2.75) is 6.43 Å². The predicted octanol–water partition coefficient (Wildman–Crippen LogP) is 4.38. The molecule has 0 aliphatic rings. The van der Waals surface area contributed by atoms with Crippen LogP contribution in [-0.2, 0) is 0 Å². The van der Waals surface area contributed by atoms with Crippen LogP contribution in [0.5, 0.6) is 0 Å². The van der Waals surface area contributed by atoms with E-state index in [9.17, 15) is 8.78 Å². The van der Waals surface area contributed by atoms with Gasteiger partial charge >= 0.3 is 0 Å². The zero-order valence-electron chi connectivity index (χ0n) is 7.18. The summed E-state index contributed by atoms with van der Waals surface area (Å²) in [5, 5.41) is 1.54. The molecule has 0 fully saturated rings. The zero-order chi connectivity index (χ0) is 10.1. The average molecular weight is 304 g/mol. The largest absolute Gasteiger partial charge is 0.264 e. The van der Waals surface area contributed by atoms with Gasteiger partial charge in [0.05, 0.1) is 0 Å². The molecule has 0 heterocycles. The van der Waals surface area contributed by atoms with E-state index in [4.69, 9.17) is 0 Å². The van der Waals surface area contributed by atoms with Crippen LogP contribution in [0, 0.1) is 3.57 Å². The van der Waals surface area contributed by atoms with E-state index in [0.717, 1.165) is 8.96 Å². The van der Waals surface area contributed by atoms with Crippen LogP contribution in [0.25, 0.3) is 10.8 Å². The van der Waals surface area contributed by atoms with Crippen molar-refractivity contribution in [1.82, 2.24) is 0 Å². The number of hydrogen-bond acceptors (Lipinski definition) is 0. The number of fused-ring (bicyclic) bond motifs is 1. The van der Waals surface area contributed by atoms with Crippen LogP contribution in [0.2, 0.25) is 0 Å². The van der Waals surface area contributed by atoms with Crippen molar-refractivity contribution in [1.29, 1.82) is 0 Å². The van der Waals surface area contributed by atoms with Crippen LogP contribution >= 0.6 is 22.6 Å². The fourth-order valence-corrected chi connectivity index (χ4v) is 2.16. The number of hydrogen-bond donors (Lipinski definition) is 0. The first-order valence-electron chi connectivity index (χ1n) is 4.15. The molecule has 0 aromatic heterocycles. The molecule has 0 N–H and O–H groups in total. The predicted molar refractivity (Wildman–Crippen MR) is 61.6 cm³/mol. The Morgan fingerprint density at radius 1 is 0.929 bits per heavy atom. The van der Waals surface area contributed by atoms with Gasteiger partial charge in [-0.15, -0.1) is 0 Å². The molecule has 0 saturated carbocycles. The van der Waals surface area contributed by atoms with Crippen molar-refractivity contribution in [2.24, 2.45) is 0 Å². The molecule has 0 bridgehead atoms. The van der Waals surface area contributed by atoms with E-state index >= 15 is 0 Å². The summed E-state index contributed by atoms with van der Waals surface area (Å²) in [6.45, 7) is 0. The lowest BCUT2D eigenvalue weighted by Crippen LogP contribution is -1.87. The normalized spacial score (nSPS) is 11.1. The van der Waals surface area contributed by atoms with Gasteiger partial charge in [0.15, 0.2) is 0 Å². The maximum Gasteiger partial charge on any atom is 0.264 e. The maximum absolute atomic E-state index is 12.6. The molecule has 0 saturated heterocycles. The van der Waals surface area contributed by atoms with Crippen LogP contribution in [0.1, 0.15) is 12.0 Å². The number of alkyl halides is 2. The molecule has 0 nitrogen and oxygen atoms in total. The number of halogens is 3. The third-order valence-corrected chi connectivity index (χ3v) is 3.08. The minimum absolute atomic E-state index is 0.112. The molecule has 0 unspecified atom stereocenters. The van der Waals surface area contributed by atoms with Gasteiger partial charge in [-0.1, -0.05) is 30.3 Å². The molecule has 0 aliphatic heterocycles. The fourth-order valence-electron chi connectivity index (χ4n) is 1.49. The van der Waals surface area contributed by atoms with Gasteiger partial charge in [-0.05, 0) is 39.4 Å². The molecular formula is C11H7F2I. The Hall–Kier alpha value is -0.710. The third kappa shape index (κ3) is 1.61. The molecule has 0 radical (unpaired) electrons. The quantitative estimate of drug-likeness (QED) is 0.686. The highest BCUT2D eigenvalue weighted by molar-refractivity contribution is 14.1. The summed E-state index contributed by atoms with van der Waals surface area (Å²) in [5.41, 5.74) is 0.112. The number of rotatable bonds is 1. The van der Waals surface area contributed by atoms with E-state index < -0.39 is 6.43 Å². The lowest BCUT2D eigenvalue weighted by molar-refractivity contribution is 0.153. The zero-order valence-corrected chi connectivity index (χ0v) is 9.33. The van der Waals surface area contributed by atoms with Crippen LogP contribution in [0.4, 0.5) is 8.78 Å². The van der Waals surface area contributed by atoms with Crippen molar-refractivity contribution in [2.75, 3.05) is 0 Å². The van der Waals surface area contributed by atoms with E-state index in [1.54, 1.807) is 18.2 Å². The average Bonchev–Trinajstić information content (AvgIpc) is 2.17. The van der Waals surface area contributed by atoms with Gasteiger partial charge in [-0.25, -0.2) is 8.78 Å². The third-order valence-electron chi connectivity index (χ3n) is 2.14. The Morgan fingerprint density at radius 3 is 2.29 bits per heavy atom. The number of benzene rings is 2. The fraction of sp³-hybridized carbons (Fsp3) is 0.0909. The van der Waals surface area contributed by atoms with Gasteiger partial charge in [0.2, 0.25) is 0 Å². The van der Waals surface area contributed by atoms with Crippen LogP contribution in [-0.4, -0.2) is 0 Å². The summed E-state index contributed by atoms with van der Waals surface area (Å²) in [4.78, 5) is 0. The van der Waals surface area contributed by atoms with Crippen molar-refractivity contribution in [3.05, 3.63) is 45.5 Å². The SMILES string of the molecule is FC(F)c1cccc2c(I)cccc12. The topological polar surface area (TPSA) is 0 Å². The molecule has 0 spiro atoms. The van der Waals surface area contributed by atoms with Gasteiger partial charge in [-0.3, -0.25) is 0 Å². The lowest BCUT2D eigenvalue weighted by atomic mass is 10.1. The van der Waals surface area contributed by atoms with Crippen molar-refractivity contribution < 1.29 is 8.78 Å². The maximum atomic E-state index is 12.6. The van der Waals surface area contributed by atoms with Crippen molar-refractivity contribution >= 4 is 33.4 Å². The molecule has 2 aromatic rings. The van der Waals surface area contributed by atoms with Crippen LogP contribution in [0.15, 0.2) is 36.4 Å². The first kappa shape index (κ1) is 9.83. The highest BCUT2D eigenvalue weighted by Crippen LogP contribution is 2.29. The summed E-state index contributed by atoms with van der Waals surface area (Å²) >= 11 is 2.15. The Kier molecular flexibility index (Phi) is 2.67. The second-order valence-corrected chi connectivity index (χ2v) is 4.15. The molecule has 14 heavy (non-hydrogen) atoms. The standard InChI is InChI=1S/C11H7F2I/c12-11(13)9-5-1-4-8-7(9)3-2-6-10(8)14/h1-6,11H. The Labute approximate surface area is 94.1 Å². The summed E-state index contributed by atoms with van der Waals surface area (Å²) < 4.78 is 26.3. The molecule has 0 atom stereocenters. The lowest BCUT2D eigenvalue weighted by Gasteiger charge is -2.06. The van der Waals surface area contributed by atoms with E-state index in [0.29, 0.717) is 5.39 Å². The van der Waals surface area contributed by atoms with Crippen molar-refractivity contribution in [3.63, 3.8) is 0 Å². The molecule has 72 valence electrons. The van der Waals surface area contributed by atoms with Gasteiger partial charge in [0.1, 0.15) is 0 Å². The Bertz CT molecular complexity index is 466. The molecular weight excluding hydrogens is 297 g/mol. The summed E-state index contributed by atoms with van der Waals surface area (Å²) in [6.07, 6.45) is -2.41. The second-order valence-electron chi connectivity index (χ2n) is 2.98. The minimum Gasteiger partial charge on any atom is -0.205 e. The molecule has 0 amide bonds. The van der Waals surface area contributed by atoms with E-state index in [1.807, 2.05) is 12.1 Å². The van der Waals surface area contributed by atoms with E-state index in [-0.39, 0.29) is 5.56 Å². The first-order chi connectivity index (χ1) is 6.70. The van der Waals surface area contributed by atoms with Crippen LogP contribution < -0.4 is 0 Å².